The van der Waals surface area contributed by atoms with E-state index in [1.54, 1.807) is 4.90 Å². The van der Waals surface area contributed by atoms with Crippen LogP contribution in [-0.4, -0.2) is 20.6 Å². The number of rotatable bonds is 5. The van der Waals surface area contributed by atoms with Crippen molar-refractivity contribution in [2.75, 3.05) is 0 Å². The lowest BCUT2D eigenvalue weighted by atomic mass is 10.1. The Kier molecular flexibility index (Phi) is 4.58. The van der Waals surface area contributed by atoms with E-state index in [-0.39, 0.29) is 5.91 Å². The van der Waals surface area contributed by atoms with Gasteiger partial charge < -0.3 is 4.90 Å². The molecule has 4 nitrogen and oxygen atoms in total. The molecule has 1 aromatic heterocycles. The summed E-state index contributed by atoms with van der Waals surface area (Å²) in [6.45, 7) is 8.67. The van der Waals surface area contributed by atoms with Gasteiger partial charge in [-0.05, 0) is 31.6 Å². The Morgan fingerprint density at radius 1 is 1.29 bits per heavy atom. The number of aromatic nitrogens is 2. The number of hydrogen-bond acceptors (Lipinski definition) is 2. The average Bonchev–Trinajstić information content (AvgIpc) is 2.78. The Balaban J connectivity index is 2.16. The van der Waals surface area contributed by atoms with Gasteiger partial charge in [0.25, 0.3) is 0 Å². The van der Waals surface area contributed by atoms with Crippen LogP contribution in [0.25, 0.3) is 0 Å². The summed E-state index contributed by atoms with van der Waals surface area (Å²) in [5, 5.41) is 4.41. The monoisotopic (exact) mass is 283 g/mol. The van der Waals surface area contributed by atoms with Crippen LogP contribution in [0.4, 0.5) is 0 Å². The van der Waals surface area contributed by atoms with E-state index in [2.05, 4.69) is 23.8 Å². The van der Waals surface area contributed by atoms with E-state index >= 15 is 0 Å². The highest BCUT2D eigenvalue weighted by Gasteiger charge is 2.14. The molecule has 0 spiro atoms. The molecule has 0 fully saturated rings. The maximum absolute atomic E-state index is 12.1. The molecule has 1 amide bonds. The average molecular weight is 283 g/mol. The minimum atomic E-state index is -0.0844. The lowest BCUT2D eigenvalue weighted by molar-refractivity contribution is -0.127. The maximum atomic E-state index is 12.1. The molecule has 0 aliphatic rings. The van der Waals surface area contributed by atoms with Gasteiger partial charge in [-0.1, -0.05) is 36.4 Å². The summed E-state index contributed by atoms with van der Waals surface area (Å²) in [7, 11) is 1.90. The van der Waals surface area contributed by atoms with Crippen molar-refractivity contribution >= 4 is 5.91 Å². The summed E-state index contributed by atoms with van der Waals surface area (Å²) >= 11 is 0. The van der Waals surface area contributed by atoms with Gasteiger partial charge in [-0.25, -0.2) is 0 Å². The van der Waals surface area contributed by atoms with Crippen molar-refractivity contribution in [1.29, 1.82) is 0 Å². The van der Waals surface area contributed by atoms with Crippen molar-refractivity contribution < 1.29 is 4.79 Å². The van der Waals surface area contributed by atoms with Crippen molar-refractivity contribution in [3.63, 3.8) is 0 Å². The van der Waals surface area contributed by atoms with Crippen molar-refractivity contribution in [1.82, 2.24) is 14.7 Å². The normalized spacial score (nSPS) is 10.4. The molecule has 0 saturated carbocycles. The van der Waals surface area contributed by atoms with Gasteiger partial charge in [-0.15, -0.1) is 0 Å². The van der Waals surface area contributed by atoms with Gasteiger partial charge in [0.05, 0.1) is 12.2 Å². The fourth-order valence-corrected chi connectivity index (χ4v) is 2.16. The molecule has 0 bridgehead atoms. The first-order valence-electron chi connectivity index (χ1n) is 6.96. The second-order valence-corrected chi connectivity index (χ2v) is 5.28. The summed E-state index contributed by atoms with van der Waals surface area (Å²) < 4.78 is 1.82. The molecule has 0 aliphatic heterocycles. The highest BCUT2D eigenvalue weighted by atomic mass is 16.2. The van der Waals surface area contributed by atoms with Crippen molar-refractivity contribution in [3.05, 3.63) is 65.5 Å². The predicted molar refractivity (Wildman–Crippen MR) is 83.6 cm³/mol. The van der Waals surface area contributed by atoms with Gasteiger partial charge in [-0.3, -0.25) is 9.48 Å². The van der Waals surface area contributed by atoms with Crippen LogP contribution in [0, 0.1) is 13.8 Å². The van der Waals surface area contributed by atoms with E-state index in [1.165, 1.54) is 11.6 Å². The third kappa shape index (κ3) is 3.81. The third-order valence-electron chi connectivity index (χ3n) is 3.50. The molecule has 0 saturated heterocycles. The first-order valence-corrected chi connectivity index (χ1v) is 6.96. The molecule has 2 rings (SSSR count). The lowest BCUT2D eigenvalue weighted by Gasteiger charge is -2.20. The first kappa shape index (κ1) is 15.0. The molecular weight excluding hydrogens is 262 g/mol. The molecule has 1 heterocycles. The number of nitrogens with zero attached hydrogens (tertiary/aromatic N) is 3. The van der Waals surface area contributed by atoms with Crippen LogP contribution in [0.15, 0.2) is 43.0 Å². The first-order chi connectivity index (χ1) is 9.99. The zero-order chi connectivity index (χ0) is 15.4. The number of hydrogen-bond donors (Lipinski definition) is 0. The predicted octanol–water partition coefficient (Wildman–Crippen LogP) is 2.75. The number of carbonyl (C=O) groups is 1. The van der Waals surface area contributed by atoms with E-state index in [1.807, 2.05) is 43.8 Å². The number of aryl methyl sites for hydroxylation is 3. The Bertz CT molecular complexity index is 621. The third-order valence-corrected chi connectivity index (χ3v) is 3.50. The van der Waals surface area contributed by atoms with Gasteiger partial charge in [0, 0.05) is 19.3 Å². The largest absolute Gasteiger partial charge is 0.329 e. The van der Waals surface area contributed by atoms with Crippen LogP contribution in [-0.2, 0) is 24.9 Å². The highest BCUT2D eigenvalue weighted by molar-refractivity contribution is 5.86. The van der Waals surface area contributed by atoms with E-state index in [0.717, 1.165) is 17.0 Å². The molecule has 4 heteroatoms. The van der Waals surface area contributed by atoms with Gasteiger partial charge in [0.15, 0.2) is 0 Å². The molecule has 0 N–H and O–H groups in total. The standard InChI is InChI=1S/C17H21N3O/c1-5-17(21)20(11-15-8-6-13(2)7-9-15)12-16-10-14(3)19(4)18-16/h5-10H,1,11-12H2,2-4H3. The van der Waals surface area contributed by atoms with Gasteiger partial charge in [0.1, 0.15) is 0 Å². The van der Waals surface area contributed by atoms with Crippen LogP contribution >= 0.6 is 0 Å². The summed E-state index contributed by atoms with van der Waals surface area (Å²) in [6, 6.07) is 10.2. The van der Waals surface area contributed by atoms with E-state index in [4.69, 9.17) is 0 Å². The maximum Gasteiger partial charge on any atom is 0.246 e. The Hall–Kier alpha value is -2.36. The smallest absolute Gasteiger partial charge is 0.246 e. The van der Waals surface area contributed by atoms with Crippen LogP contribution in [0.5, 0.6) is 0 Å². The van der Waals surface area contributed by atoms with Crippen molar-refractivity contribution in [2.45, 2.75) is 26.9 Å². The lowest BCUT2D eigenvalue weighted by Crippen LogP contribution is -2.28. The number of benzene rings is 1. The fraction of sp³-hybridized carbons (Fsp3) is 0.294. The van der Waals surface area contributed by atoms with Crippen LogP contribution in [0.2, 0.25) is 0 Å². The second-order valence-electron chi connectivity index (χ2n) is 5.28. The number of carbonyl (C=O) groups excluding carboxylic acids is 1. The zero-order valence-electron chi connectivity index (χ0n) is 12.8. The fourth-order valence-electron chi connectivity index (χ4n) is 2.16. The summed E-state index contributed by atoms with van der Waals surface area (Å²) in [6.07, 6.45) is 1.35. The molecule has 21 heavy (non-hydrogen) atoms. The van der Waals surface area contributed by atoms with Crippen LogP contribution in [0.3, 0.4) is 0 Å². The van der Waals surface area contributed by atoms with Crippen LogP contribution < -0.4 is 0 Å². The highest BCUT2D eigenvalue weighted by Crippen LogP contribution is 2.12. The molecule has 0 unspecified atom stereocenters. The van der Waals surface area contributed by atoms with E-state index in [0.29, 0.717) is 13.1 Å². The van der Waals surface area contributed by atoms with E-state index < -0.39 is 0 Å². The number of amides is 1. The SMILES string of the molecule is C=CC(=O)N(Cc1ccc(C)cc1)Cc1cc(C)n(C)n1. The van der Waals surface area contributed by atoms with Gasteiger partial charge >= 0.3 is 0 Å². The van der Waals surface area contributed by atoms with Gasteiger partial charge in [0.2, 0.25) is 5.91 Å². The summed E-state index contributed by atoms with van der Waals surface area (Å²) in [4.78, 5) is 13.8. The molecule has 0 aliphatic carbocycles. The van der Waals surface area contributed by atoms with Gasteiger partial charge in [-0.2, -0.15) is 5.10 Å². The second kappa shape index (κ2) is 6.39. The molecule has 2 aromatic rings. The van der Waals surface area contributed by atoms with E-state index in [9.17, 15) is 4.79 Å². The zero-order valence-corrected chi connectivity index (χ0v) is 12.8. The Labute approximate surface area is 125 Å². The molecule has 1 aromatic carbocycles. The summed E-state index contributed by atoms with van der Waals surface area (Å²) in [5.74, 6) is -0.0844. The molecule has 0 atom stereocenters. The van der Waals surface area contributed by atoms with Crippen molar-refractivity contribution in [2.24, 2.45) is 7.05 Å². The van der Waals surface area contributed by atoms with Crippen LogP contribution in [0.1, 0.15) is 22.5 Å². The molecule has 0 radical (unpaired) electrons. The molecular formula is C17H21N3O. The Morgan fingerprint density at radius 3 is 2.48 bits per heavy atom. The summed E-state index contributed by atoms with van der Waals surface area (Å²) in [5.41, 5.74) is 4.27. The minimum Gasteiger partial charge on any atom is -0.329 e. The Morgan fingerprint density at radius 2 is 1.95 bits per heavy atom. The molecule has 110 valence electrons. The van der Waals surface area contributed by atoms with Crippen molar-refractivity contribution in [3.8, 4) is 0 Å². The minimum absolute atomic E-state index is 0.0844. The topological polar surface area (TPSA) is 38.1 Å². The quantitative estimate of drug-likeness (QED) is 0.791.